The Hall–Kier alpha value is -2.30. The summed E-state index contributed by atoms with van der Waals surface area (Å²) in [6.45, 7) is 10.1. The molecule has 8 rings (SSSR count). The Morgan fingerprint density at radius 3 is 2.54 bits per heavy atom. The van der Waals surface area contributed by atoms with Crippen LogP contribution in [-0.4, -0.2) is 84.5 Å². The Kier molecular flexibility index (Phi) is 9.68. The van der Waals surface area contributed by atoms with Gasteiger partial charge in [0.2, 0.25) is 0 Å². The van der Waals surface area contributed by atoms with Crippen LogP contribution in [0.4, 0.5) is 5.69 Å². The van der Waals surface area contributed by atoms with Crippen molar-refractivity contribution in [1.29, 1.82) is 0 Å². The second-order valence-corrected chi connectivity index (χ2v) is 19.1. The number of fused-ring (bicyclic) bond motifs is 4. The molecule has 7 atom stereocenters. The van der Waals surface area contributed by atoms with Crippen molar-refractivity contribution in [2.45, 2.75) is 94.6 Å². The number of carbonyl (C=O) groups is 1. The summed E-state index contributed by atoms with van der Waals surface area (Å²) in [5, 5.41) is 0.505. The summed E-state index contributed by atoms with van der Waals surface area (Å²) in [5.41, 5.74) is 3.86. The van der Waals surface area contributed by atoms with Crippen LogP contribution in [0.5, 0.6) is 5.75 Å². The lowest BCUT2D eigenvalue weighted by Gasteiger charge is -2.49. The van der Waals surface area contributed by atoms with Gasteiger partial charge in [0.15, 0.2) is 6.29 Å². The van der Waals surface area contributed by atoms with Crippen LogP contribution in [-0.2, 0) is 31.0 Å². The molecule has 3 fully saturated rings. The van der Waals surface area contributed by atoms with E-state index in [0.717, 1.165) is 101 Å². The summed E-state index contributed by atoms with van der Waals surface area (Å²) in [5.74, 6) is 5.90. The topological polar surface area (TPSA) is 80.3 Å². The number of hydrogen-bond acceptors (Lipinski definition) is 7. The third kappa shape index (κ3) is 6.59. The molecule has 1 unspecified atom stereocenters. The van der Waals surface area contributed by atoms with E-state index in [9.17, 15) is 9.00 Å². The van der Waals surface area contributed by atoms with E-state index in [-0.39, 0.29) is 28.8 Å². The zero-order valence-corrected chi connectivity index (χ0v) is 31.3. The molecule has 2 aromatic rings. The van der Waals surface area contributed by atoms with Crippen LogP contribution in [0.15, 0.2) is 36.4 Å². The number of rotatable bonds is 2. The third-order valence-corrected chi connectivity index (χ3v) is 15.7. The first-order chi connectivity index (χ1) is 24.1. The molecule has 1 N–H and O–H groups in total. The fourth-order valence-electron chi connectivity index (χ4n) is 9.74. The molecule has 2 aliphatic carbocycles. The number of amides is 1. The molecular weight excluding hydrogens is 670 g/mol. The van der Waals surface area contributed by atoms with Crippen molar-refractivity contribution in [3.05, 3.63) is 58.1 Å². The largest absolute Gasteiger partial charge is 0.490 e. The monoisotopic (exact) mass is 723 g/mol. The molecule has 2 saturated heterocycles. The number of benzene rings is 2. The van der Waals surface area contributed by atoms with Crippen LogP contribution >= 0.6 is 11.6 Å². The SMILES string of the molecule is C=S1(=O)NC(=O)c2ccc3c(c2)N(C[C@@H]2CC[C@H]2[C@@H](C2OCC(N4CCC4)CO2)CCC[C@H](C)[C@H]1C)C[C@@]1(CCCc2cc(Cl)ccc21)CO3. The van der Waals surface area contributed by atoms with E-state index < -0.39 is 9.71 Å². The van der Waals surface area contributed by atoms with Crippen LogP contribution in [0.1, 0.15) is 86.7 Å². The fourth-order valence-corrected chi connectivity index (χ4v) is 11.4. The summed E-state index contributed by atoms with van der Waals surface area (Å²) in [6.07, 6.45) is 9.41. The van der Waals surface area contributed by atoms with Crippen LogP contribution in [0.2, 0.25) is 5.02 Å². The van der Waals surface area contributed by atoms with Gasteiger partial charge in [-0.2, -0.15) is 0 Å². The smallest absolute Gasteiger partial charge is 0.262 e. The predicted octanol–water partition coefficient (Wildman–Crippen LogP) is 6.47. The lowest BCUT2D eigenvalue weighted by molar-refractivity contribution is -0.246. The van der Waals surface area contributed by atoms with Gasteiger partial charge in [0.1, 0.15) is 5.75 Å². The Morgan fingerprint density at radius 1 is 0.980 bits per heavy atom. The van der Waals surface area contributed by atoms with Crippen LogP contribution < -0.4 is 14.4 Å². The number of hydrogen-bond donors (Lipinski definition) is 1. The van der Waals surface area contributed by atoms with Gasteiger partial charge in [0.25, 0.3) is 5.91 Å². The third-order valence-electron chi connectivity index (χ3n) is 13.3. The molecule has 0 radical (unpaired) electrons. The van der Waals surface area contributed by atoms with E-state index in [1.807, 2.05) is 25.1 Å². The molecule has 1 saturated carbocycles. The molecule has 10 heteroatoms. The van der Waals surface area contributed by atoms with E-state index in [4.69, 9.17) is 25.8 Å². The maximum Gasteiger partial charge on any atom is 0.262 e. The number of ether oxygens (including phenoxy) is 3. The summed E-state index contributed by atoms with van der Waals surface area (Å²) < 4.78 is 36.8. The van der Waals surface area contributed by atoms with Gasteiger partial charge in [0.05, 0.1) is 41.3 Å². The van der Waals surface area contributed by atoms with Gasteiger partial charge >= 0.3 is 0 Å². The van der Waals surface area contributed by atoms with E-state index in [2.05, 4.69) is 39.4 Å². The number of anilines is 1. The Labute approximate surface area is 303 Å². The van der Waals surface area contributed by atoms with Crippen LogP contribution in [0.3, 0.4) is 0 Å². The molecule has 8 nitrogen and oxygen atoms in total. The maximum absolute atomic E-state index is 14.0. The van der Waals surface area contributed by atoms with Crippen molar-refractivity contribution in [1.82, 2.24) is 9.62 Å². The highest BCUT2D eigenvalue weighted by Crippen LogP contribution is 2.49. The Morgan fingerprint density at radius 2 is 1.80 bits per heavy atom. The molecule has 4 heterocycles. The van der Waals surface area contributed by atoms with Crippen molar-refractivity contribution in [3.63, 3.8) is 0 Å². The predicted molar refractivity (Wildman–Crippen MR) is 201 cm³/mol. The lowest BCUT2D eigenvalue weighted by atomic mass is 9.64. The number of carbonyl (C=O) groups excluding carboxylic acids is 1. The van der Waals surface area contributed by atoms with Crippen LogP contribution in [0.25, 0.3) is 0 Å². The van der Waals surface area contributed by atoms with Crippen molar-refractivity contribution < 1.29 is 23.2 Å². The van der Waals surface area contributed by atoms with Gasteiger partial charge in [-0.15, -0.1) is 0 Å². The summed E-state index contributed by atoms with van der Waals surface area (Å²) in [7, 11) is -2.90. The minimum absolute atomic E-state index is 0.135. The molecule has 1 amide bonds. The highest BCUT2D eigenvalue weighted by molar-refractivity contribution is 7.99. The minimum Gasteiger partial charge on any atom is -0.490 e. The van der Waals surface area contributed by atoms with Gasteiger partial charge in [-0.25, -0.2) is 4.21 Å². The molecule has 1 spiro atoms. The highest BCUT2D eigenvalue weighted by Gasteiger charge is 2.47. The molecule has 272 valence electrons. The van der Waals surface area contributed by atoms with Gasteiger partial charge < -0.3 is 19.1 Å². The average Bonchev–Trinajstić information content (AvgIpc) is 3.21. The minimum atomic E-state index is -2.90. The number of likely N-dealkylation sites (tertiary alicyclic amines) is 1. The maximum atomic E-state index is 14.0. The van der Waals surface area contributed by atoms with Crippen molar-refractivity contribution in [3.8, 4) is 5.75 Å². The molecule has 4 aliphatic heterocycles. The zero-order chi connectivity index (χ0) is 34.6. The van der Waals surface area contributed by atoms with Crippen molar-refractivity contribution in [2.24, 2.45) is 23.7 Å². The summed E-state index contributed by atoms with van der Waals surface area (Å²) in [4.78, 5) is 18.7. The number of nitrogens with one attached hydrogen (secondary N) is 1. The average molecular weight is 724 g/mol. The van der Waals surface area contributed by atoms with E-state index in [0.29, 0.717) is 36.0 Å². The number of aryl methyl sites for hydroxylation is 1. The first-order valence-corrected chi connectivity index (χ1v) is 21.2. The number of nitrogens with zero attached hydrogens (tertiary/aromatic N) is 2. The number of halogens is 1. The van der Waals surface area contributed by atoms with E-state index in [1.165, 1.54) is 24.0 Å². The summed E-state index contributed by atoms with van der Waals surface area (Å²) in [6, 6.07) is 12.4. The first-order valence-electron chi connectivity index (χ1n) is 19.1. The highest BCUT2D eigenvalue weighted by atomic mass is 35.5. The van der Waals surface area contributed by atoms with Gasteiger partial charge in [-0.1, -0.05) is 31.0 Å². The molecular formula is C40H54ClN3O5S. The van der Waals surface area contributed by atoms with E-state index >= 15 is 0 Å². The zero-order valence-electron chi connectivity index (χ0n) is 29.7. The van der Waals surface area contributed by atoms with E-state index in [1.54, 1.807) is 6.07 Å². The van der Waals surface area contributed by atoms with Gasteiger partial charge in [-0.05, 0) is 136 Å². The molecule has 6 aliphatic rings. The second kappa shape index (κ2) is 13.9. The normalized spacial score (nSPS) is 38.0. The second-order valence-electron chi connectivity index (χ2n) is 16.3. The quantitative estimate of drug-likeness (QED) is 0.356. The molecule has 2 aromatic carbocycles. The van der Waals surface area contributed by atoms with Gasteiger partial charge in [0, 0.05) is 40.3 Å². The Bertz CT molecular complexity index is 1690. The summed E-state index contributed by atoms with van der Waals surface area (Å²) >= 11 is 6.50. The van der Waals surface area contributed by atoms with Crippen molar-refractivity contribution >= 4 is 38.8 Å². The molecule has 50 heavy (non-hydrogen) atoms. The Balaban J connectivity index is 1.15. The van der Waals surface area contributed by atoms with Crippen molar-refractivity contribution in [2.75, 3.05) is 50.9 Å². The van der Waals surface area contributed by atoms with Crippen LogP contribution in [0, 0.1) is 23.7 Å². The van der Waals surface area contributed by atoms with Gasteiger partial charge in [-0.3, -0.25) is 14.4 Å². The molecule has 0 aromatic heterocycles. The standard InChI is InChI=1S/C40H54ClN3O5S/c1-26-7-4-9-34(39-47-22-32(23-48-39)43-17-6-18-43)33-13-10-30(33)21-44-24-40(16-5-8-28-19-31(41)12-14-35(28)40)25-49-37-15-11-29(20-36(37)44)38(45)42-50(3,46)27(26)2/h11-12,14-15,19-20,26-27,30,32-34,39H,3-10,13,16-18,21-25H2,1-2H3,(H,42,45,46)/t26-,27+,30-,32?,33+,34-,39?,40-,50?/m0/s1. The molecule has 2 bridgehead atoms. The fraction of sp³-hybridized carbons (Fsp3) is 0.650. The lowest BCUT2D eigenvalue weighted by Crippen LogP contribution is -2.55. The first kappa shape index (κ1) is 34.8.